The predicted octanol–water partition coefficient (Wildman–Crippen LogP) is 2.21. The van der Waals surface area contributed by atoms with Crippen LogP contribution in [0.3, 0.4) is 0 Å². The number of benzene rings is 2. The minimum atomic E-state index is -0.355. The van der Waals surface area contributed by atoms with Crippen molar-refractivity contribution in [3.63, 3.8) is 0 Å². The number of piperazine rings is 1. The molecule has 1 amide bonds. The fourth-order valence-electron chi connectivity index (χ4n) is 3.18. The highest BCUT2D eigenvalue weighted by molar-refractivity contribution is 6.33. The van der Waals surface area contributed by atoms with E-state index in [0.29, 0.717) is 5.69 Å². The smallest absolute Gasteiger partial charge is 0.282 e. The van der Waals surface area contributed by atoms with Crippen molar-refractivity contribution < 1.29 is 14.1 Å². The molecule has 2 N–H and O–H groups in total. The monoisotopic (exact) mass is 362 g/mol. The summed E-state index contributed by atoms with van der Waals surface area (Å²) in [6.07, 6.45) is 0. The molecule has 2 aromatic carbocycles. The Hall–Kier alpha value is -2.11. The van der Waals surface area contributed by atoms with E-state index in [4.69, 9.17) is 11.6 Å². The number of quaternary nitrogens is 1. The van der Waals surface area contributed by atoms with Crippen LogP contribution in [0.2, 0.25) is 5.02 Å². The number of rotatable bonds is 4. The molecule has 1 aliphatic heterocycles. The molecule has 0 radical (unpaired) electrons. The highest BCUT2D eigenvalue weighted by Gasteiger charge is 2.29. The van der Waals surface area contributed by atoms with Crippen LogP contribution in [-0.2, 0) is 4.79 Å². The Morgan fingerprint density at radius 3 is 2.60 bits per heavy atom. The highest BCUT2D eigenvalue weighted by Crippen LogP contribution is 2.24. The minimum absolute atomic E-state index is 0.0909. The van der Waals surface area contributed by atoms with E-state index in [9.17, 15) is 9.18 Å². The highest BCUT2D eigenvalue weighted by atomic mass is 35.5. The number of anilines is 2. The van der Waals surface area contributed by atoms with Gasteiger partial charge in [0.05, 0.1) is 36.9 Å². The Bertz CT molecular complexity index is 747. The molecule has 1 atom stereocenters. The number of nitrogens with zero attached hydrogens (tertiary/aromatic N) is 1. The number of para-hydroxylation sites is 1. The Morgan fingerprint density at radius 2 is 1.92 bits per heavy atom. The molecule has 1 saturated heterocycles. The van der Waals surface area contributed by atoms with Crippen LogP contribution in [0.1, 0.15) is 6.92 Å². The van der Waals surface area contributed by atoms with E-state index in [0.717, 1.165) is 36.9 Å². The van der Waals surface area contributed by atoms with Crippen molar-refractivity contribution in [1.82, 2.24) is 0 Å². The Balaban J connectivity index is 1.57. The lowest BCUT2D eigenvalue weighted by molar-refractivity contribution is -0.914. The van der Waals surface area contributed by atoms with E-state index in [1.54, 1.807) is 12.1 Å². The van der Waals surface area contributed by atoms with Crippen molar-refractivity contribution in [1.29, 1.82) is 0 Å². The van der Waals surface area contributed by atoms with Gasteiger partial charge in [-0.05, 0) is 37.3 Å². The van der Waals surface area contributed by atoms with Gasteiger partial charge in [-0.15, -0.1) is 0 Å². The molecule has 132 valence electrons. The number of hydrogen-bond acceptors (Lipinski definition) is 2. The molecule has 25 heavy (non-hydrogen) atoms. The summed E-state index contributed by atoms with van der Waals surface area (Å²) >= 11 is 6.27. The van der Waals surface area contributed by atoms with Crippen molar-refractivity contribution in [2.45, 2.75) is 13.0 Å². The van der Waals surface area contributed by atoms with Gasteiger partial charge >= 0.3 is 0 Å². The lowest BCUT2D eigenvalue weighted by Crippen LogP contribution is -3.19. The number of carbonyl (C=O) groups excluding carboxylic acids is 1. The third-order valence-corrected chi connectivity index (χ3v) is 5.02. The standard InChI is InChI=1S/C19H21ClFN3O/c1-14(19(25)22-16-6-4-5-15(21)13-16)23-9-11-24(12-10-23)18-8-3-2-7-17(18)20/h2-8,13-14H,9-12H2,1H3,(H,22,25)/p+1/t14-/m1/s1. The van der Waals surface area contributed by atoms with Crippen molar-refractivity contribution in [3.8, 4) is 0 Å². The quantitative estimate of drug-likeness (QED) is 0.875. The van der Waals surface area contributed by atoms with Crippen molar-refractivity contribution in [2.24, 2.45) is 0 Å². The van der Waals surface area contributed by atoms with Crippen LogP contribution in [-0.4, -0.2) is 38.1 Å². The Morgan fingerprint density at radius 1 is 1.20 bits per heavy atom. The van der Waals surface area contributed by atoms with Crippen LogP contribution in [0.15, 0.2) is 48.5 Å². The second kappa shape index (κ2) is 7.85. The zero-order valence-electron chi connectivity index (χ0n) is 14.1. The van der Waals surface area contributed by atoms with E-state index < -0.39 is 0 Å². The van der Waals surface area contributed by atoms with Gasteiger partial charge in [0.1, 0.15) is 5.82 Å². The van der Waals surface area contributed by atoms with Gasteiger partial charge in [0.2, 0.25) is 0 Å². The minimum Gasteiger partial charge on any atom is -0.359 e. The first-order valence-corrected chi connectivity index (χ1v) is 8.83. The van der Waals surface area contributed by atoms with Gasteiger partial charge in [-0.3, -0.25) is 4.79 Å². The largest absolute Gasteiger partial charge is 0.359 e. The molecule has 0 unspecified atom stereocenters. The maximum Gasteiger partial charge on any atom is 0.282 e. The first kappa shape index (κ1) is 17.7. The molecule has 6 heteroatoms. The third-order valence-electron chi connectivity index (χ3n) is 4.70. The molecule has 0 spiro atoms. The zero-order valence-corrected chi connectivity index (χ0v) is 14.9. The zero-order chi connectivity index (χ0) is 17.8. The predicted molar refractivity (Wildman–Crippen MR) is 98.9 cm³/mol. The van der Waals surface area contributed by atoms with Gasteiger partial charge < -0.3 is 15.1 Å². The lowest BCUT2D eigenvalue weighted by atomic mass is 10.2. The van der Waals surface area contributed by atoms with E-state index in [-0.39, 0.29) is 17.8 Å². The molecule has 0 bridgehead atoms. The second-order valence-electron chi connectivity index (χ2n) is 6.32. The molecule has 0 aromatic heterocycles. The summed E-state index contributed by atoms with van der Waals surface area (Å²) in [5.74, 6) is -0.446. The molecule has 1 aliphatic rings. The summed E-state index contributed by atoms with van der Waals surface area (Å²) < 4.78 is 13.2. The van der Waals surface area contributed by atoms with Gasteiger partial charge in [0.25, 0.3) is 5.91 Å². The molecule has 0 saturated carbocycles. The van der Waals surface area contributed by atoms with Crippen LogP contribution in [0.4, 0.5) is 15.8 Å². The normalized spacial score (nSPS) is 16.5. The van der Waals surface area contributed by atoms with Gasteiger partial charge in [-0.2, -0.15) is 0 Å². The lowest BCUT2D eigenvalue weighted by Gasteiger charge is -2.36. The summed E-state index contributed by atoms with van der Waals surface area (Å²) in [6, 6.07) is 13.6. The maximum atomic E-state index is 13.2. The van der Waals surface area contributed by atoms with Crippen LogP contribution in [0.25, 0.3) is 0 Å². The van der Waals surface area contributed by atoms with Crippen molar-refractivity contribution in [3.05, 3.63) is 59.4 Å². The number of halogens is 2. The number of carbonyl (C=O) groups is 1. The number of hydrogen-bond donors (Lipinski definition) is 2. The van der Waals surface area contributed by atoms with Crippen molar-refractivity contribution in [2.75, 3.05) is 36.4 Å². The Labute approximate surface area is 152 Å². The van der Waals surface area contributed by atoms with Crippen LogP contribution >= 0.6 is 11.6 Å². The van der Waals surface area contributed by atoms with Gasteiger partial charge in [0.15, 0.2) is 6.04 Å². The average Bonchev–Trinajstić information content (AvgIpc) is 2.62. The van der Waals surface area contributed by atoms with Gasteiger partial charge in [0, 0.05) is 5.69 Å². The number of nitrogens with one attached hydrogen (secondary N) is 2. The van der Waals surface area contributed by atoms with Crippen molar-refractivity contribution >= 4 is 28.9 Å². The molecule has 4 nitrogen and oxygen atoms in total. The summed E-state index contributed by atoms with van der Waals surface area (Å²) in [6.45, 7) is 5.30. The first-order valence-electron chi connectivity index (χ1n) is 8.45. The summed E-state index contributed by atoms with van der Waals surface area (Å²) in [7, 11) is 0. The molecule has 2 aromatic rings. The second-order valence-corrected chi connectivity index (χ2v) is 6.73. The van der Waals surface area contributed by atoms with Gasteiger partial charge in [-0.1, -0.05) is 29.8 Å². The number of amides is 1. The molecular weight excluding hydrogens is 341 g/mol. The molecule has 1 fully saturated rings. The van der Waals surface area contributed by atoms with E-state index in [1.165, 1.54) is 17.0 Å². The summed E-state index contributed by atoms with van der Waals surface area (Å²) in [4.78, 5) is 15.9. The molecule has 1 heterocycles. The third kappa shape index (κ3) is 4.30. The fraction of sp³-hybridized carbons (Fsp3) is 0.316. The van der Waals surface area contributed by atoms with Crippen LogP contribution < -0.4 is 15.1 Å². The summed E-state index contributed by atoms with van der Waals surface area (Å²) in [5, 5.41) is 3.55. The molecule has 0 aliphatic carbocycles. The van der Waals surface area contributed by atoms with Crippen LogP contribution in [0, 0.1) is 5.82 Å². The van der Waals surface area contributed by atoms with E-state index >= 15 is 0 Å². The first-order chi connectivity index (χ1) is 12.0. The van der Waals surface area contributed by atoms with Gasteiger partial charge in [-0.25, -0.2) is 4.39 Å². The SMILES string of the molecule is C[C@H](C(=O)Nc1cccc(F)c1)[NH+]1CCN(c2ccccc2Cl)CC1. The molecule has 3 rings (SSSR count). The maximum absolute atomic E-state index is 13.2. The van der Waals surface area contributed by atoms with Crippen LogP contribution in [0.5, 0.6) is 0 Å². The fourth-order valence-corrected chi connectivity index (χ4v) is 3.43. The Kier molecular flexibility index (Phi) is 5.56. The van der Waals surface area contributed by atoms with E-state index in [2.05, 4.69) is 10.2 Å². The molecular formula is C19H22ClFN3O+. The summed E-state index contributed by atoms with van der Waals surface area (Å²) in [5.41, 5.74) is 1.53. The van der Waals surface area contributed by atoms with E-state index in [1.807, 2.05) is 31.2 Å². The topological polar surface area (TPSA) is 36.8 Å². The average molecular weight is 363 g/mol.